The van der Waals surface area contributed by atoms with Crippen LogP contribution in [0.1, 0.15) is 20.8 Å². The minimum Gasteiger partial charge on any atom is -0.406 e. The third kappa shape index (κ3) is 4.41. The van der Waals surface area contributed by atoms with Gasteiger partial charge in [-0.25, -0.2) is 4.39 Å². The summed E-state index contributed by atoms with van der Waals surface area (Å²) < 4.78 is 53.8. The van der Waals surface area contributed by atoms with Gasteiger partial charge in [0.2, 0.25) is 0 Å². The number of nitrogens with zero attached hydrogens (tertiary/aromatic N) is 1. The molecule has 0 atom stereocenters. The Balaban J connectivity index is 2.24. The number of pyridine rings is 1. The van der Waals surface area contributed by atoms with Gasteiger partial charge in [0.15, 0.2) is 0 Å². The molecular formula is C14H9F4N3O3. The molecule has 126 valence electrons. The van der Waals surface area contributed by atoms with Crippen molar-refractivity contribution in [2.45, 2.75) is 6.36 Å². The van der Waals surface area contributed by atoms with Gasteiger partial charge in [-0.2, -0.15) is 0 Å². The quantitative estimate of drug-likeness (QED) is 0.834. The number of rotatable bonds is 4. The lowest BCUT2D eigenvalue weighted by molar-refractivity contribution is -0.274. The lowest BCUT2D eigenvalue weighted by Gasteiger charge is -2.11. The van der Waals surface area contributed by atoms with E-state index in [0.29, 0.717) is 12.1 Å². The number of halogens is 4. The Bertz CT molecular complexity index is 793. The zero-order valence-corrected chi connectivity index (χ0v) is 11.7. The number of ether oxygens (including phenoxy) is 1. The van der Waals surface area contributed by atoms with Crippen LogP contribution >= 0.6 is 0 Å². The summed E-state index contributed by atoms with van der Waals surface area (Å²) in [6.45, 7) is 0. The lowest BCUT2D eigenvalue weighted by atomic mass is 10.2. The number of anilines is 1. The van der Waals surface area contributed by atoms with E-state index in [0.717, 1.165) is 12.1 Å². The van der Waals surface area contributed by atoms with Gasteiger partial charge in [0.25, 0.3) is 11.8 Å². The SMILES string of the molecule is NC(=O)c1cc(NC(=O)c2cc(OC(F)(F)F)ccc2F)ccn1. The van der Waals surface area contributed by atoms with Crippen molar-refractivity contribution in [3.05, 3.63) is 53.6 Å². The first-order valence-corrected chi connectivity index (χ1v) is 6.28. The maximum absolute atomic E-state index is 13.7. The molecule has 0 spiro atoms. The minimum atomic E-state index is -4.98. The number of nitrogens with two attached hydrogens (primary N) is 1. The molecule has 1 heterocycles. The summed E-state index contributed by atoms with van der Waals surface area (Å²) in [5, 5.41) is 2.22. The first-order valence-electron chi connectivity index (χ1n) is 6.28. The summed E-state index contributed by atoms with van der Waals surface area (Å²) in [6.07, 6.45) is -3.80. The highest BCUT2D eigenvalue weighted by molar-refractivity contribution is 6.05. The maximum Gasteiger partial charge on any atom is 0.573 e. The topological polar surface area (TPSA) is 94.3 Å². The molecule has 0 aliphatic heterocycles. The monoisotopic (exact) mass is 343 g/mol. The number of carbonyl (C=O) groups excluding carboxylic acids is 2. The Morgan fingerprint density at radius 2 is 1.88 bits per heavy atom. The first-order chi connectivity index (χ1) is 11.2. The molecule has 0 saturated heterocycles. The number of nitrogens with one attached hydrogen (secondary N) is 1. The number of hydrogen-bond acceptors (Lipinski definition) is 4. The van der Waals surface area contributed by atoms with Crippen molar-refractivity contribution >= 4 is 17.5 Å². The smallest absolute Gasteiger partial charge is 0.406 e. The summed E-state index contributed by atoms with van der Waals surface area (Å²) in [5.74, 6) is -3.69. The Kier molecular flexibility index (Phi) is 4.67. The second-order valence-corrected chi connectivity index (χ2v) is 4.44. The molecule has 1 aromatic carbocycles. The maximum atomic E-state index is 13.7. The van der Waals surface area contributed by atoms with Gasteiger partial charge in [0.1, 0.15) is 17.3 Å². The number of alkyl halides is 3. The Morgan fingerprint density at radius 1 is 1.17 bits per heavy atom. The molecule has 2 rings (SSSR count). The molecule has 0 saturated carbocycles. The molecule has 0 fully saturated rings. The zero-order chi connectivity index (χ0) is 17.9. The largest absolute Gasteiger partial charge is 0.573 e. The van der Waals surface area contributed by atoms with Crippen LogP contribution in [-0.2, 0) is 0 Å². The van der Waals surface area contributed by atoms with Crippen LogP contribution in [0.15, 0.2) is 36.5 Å². The van der Waals surface area contributed by atoms with Gasteiger partial charge in [-0.1, -0.05) is 0 Å². The van der Waals surface area contributed by atoms with Gasteiger partial charge in [-0.15, -0.1) is 13.2 Å². The average molecular weight is 343 g/mol. The van der Waals surface area contributed by atoms with E-state index in [1.54, 1.807) is 0 Å². The first kappa shape index (κ1) is 17.2. The highest BCUT2D eigenvalue weighted by Crippen LogP contribution is 2.25. The van der Waals surface area contributed by atoms with E-state index in [2.05, 4.69) is 15.0 Å². The molecule has 0 radical (unpaired) electrons. The van der Waals surface area contributed by atoms with E-state index in [4.69, 9.17) is 5.73 Å². The molecule has 2 amide bonds. The van der Waals surface area contributed by atoms with E-state index >= 15 is 0 Å². The second-order valence-electron chi connectivity index (χ2n) is 4.44. The van der Waals surface area contributed by atoms with E-state index in [1.807, 2.05) is 0 Å². The molecule has 0 aliphatic carbocycles. The van der Waals surface area contributed by atoms with Crippen LogP contribution in [0.5, 0.6) is 5.75 Å². The number of hydrogen-bond donors (Lipinski definition) is 2. The van der Waals surface area contributed by atoms with Gasteiger partial charge >= 0.3 is 6.36 Å². The van der Waals surface area contributed by atoms with Crippen molar-refractivity contribution in [1.82, 2.24) is 4.98 Å². The Hall–Kier alpha value is -3.17. The van der Waals surface area contributed by atoms with Gasteiger partial charge in [0.05, 0.1) is 5.56 Å². The average Bonchev–Trinajstić information content (AvgIpc) is 2.48. The molecule has 3 N–H and O–H groups in total. The van der Waals surface area contributed by atoms with Crippen molar-refractivity contribution in [2.75, 3.05) is 5.32 Å². The van der Waals surface area contributed by atoms with Crippen molar-refractivity contribution < 1.29 is 31.9 Å². The second kappa shape index (κ2) is 6.52. The zero-order valence-electron chi connectivity index (χ0n) is 11.7. The standard InChI is InChI=1S/C14H9F4N3O3/c15-10-2-1-8(24-14(16,17)18)6-9(10)13(23)21-7-3-4-20-11(5-7)12(19)22/h1-6H,(H2,19,22)(H,20,21,23). The predicted molar refractivity (Wildman–Crippen MR) is 73.8 cm³/mol. The fraction of sp³-hybridized carbons (Fsp3) is 0.0714. The summed E-state index contributed by atoms with van der Waals surface area (Å²) in [7, 11) is 0. The molecular weight excluding hydrogens is 334 g/mol. The van der Waals surface area contributed by atoms with E-state index in [9.17, 15) is 27.2 Å². The van der Waals surface area contributed by atoms with Crippen molar-refractivity contribution in [1.29, 1.82) is 0 Å². The van der Waals surface area contributed by atoms with Crippen molar-refractivity contribution in [3.8, 4) is 5.75 Å². The van der Waals surface area contributed by atoms with E-state index in [-0.39, 0.29) is 11.4 Å². The van der Waals surface area contributed by atoms with Crippen LogP contribution in [-0.4, -0.2) is 23.2 Å². The summed E-state index contributed by atoms with van der Waals surface area (Å²) in [5.41, 5.74) is 4.27. The third-order valence-corrected chi connectivity index (χ3v) is 2.69. The summed E-state index contributed by atoms with van der Waals surface area (Å²) >= 11 is 0. The fourth-order valence-corrected chi connectivity index (χ4v) is 1.72. The van der Waals surface area contributed by atoms with E-state index in [1.165, 1.54) is 12.3 Å². The molecule has 6 nitrogen and oxygen atoms in total. The number of aromatic nitrogens is 1. The molecule has 24 heavy (non-hydrogen) atoms. The molecule has 0 bridgehead atoms. The highest BCUT2D eigenvalue weighted by Gasteiger charge is 2.31. The van der Waals surface area contributed by atoms with Gasteiger partial charge < -0.3 is 15.8 Å². The highest BCUT2D eigenvalue weighted by atomic mass is 19.4. The van der Waals surface area contributed by atoms with E-state index < -0.39 is 35.3 Å². The summed E-state index contributed by atoms with van der Waals surface area (Å²) in [6, 6.07) is 4.43. The van der Waals surface area contributed by atoms with Crippen LogP contribution in [0.2, 0.25) is 0 Å². The molecule has 1 aromatic heterocycles. The Labute approximate surface area is 132 Å². The van der Waals surface area contributed by atoms with Gasteiger partial charge in [-0.05, 0) is 30.3 Å². The van der Waals surface area contributed by atoms with Crippen LogP contribution in [0.4, 0.5) is 23.2 Å². The lowest BCUT2D eigenvalue weighted by Crippen LogP contribution is -2.19. The van der Waals surface area contributed by atoms with Crippen LogP contribution in [0.25, 0.3) is 0 Å². The van der Waals surface area contributed by atoms with Crippen LogP contribution in [0, 0.1) is 5.82 Å². The number of carbonyl (C=O) groups is 2. The normalized spacial score (nSPS) is 11.0. The third-order valence-electron chi connectivity index (χ3n) is 2.69. The number of primary amides is 1. The van der Waals surface area contributed by atoms with Gasteiger partial charge in [0, 0.05) is 11.9 Å². The number of benzene rings is 1. The minimum absolute atomic E-state index is 0.0605. The molecule has 2 aromatic rings. The van der Waals surface area contributed by atoms with Crippen molar-refractivity contribution in [3.63, 3.8) is 0 Å². The Morgan fingerprint density at radius 3 is 2.50 bits per heavy atom. The fourth-order valence-electron chi connectivity index (χ4n) is 1.72. The molecule has 0 unspecified atom stereocenters. The van der Waals surface area contributed by atoms with Crippen molar-refractivity contribution in [2.24, 2.45) is 5.73 Å². The van der Waals surface area contributed by atoms with Crippen LogP contribution in [0.3, 0.4) is 0 Å². The molecule has 0 aliphatic rings. The number of amides is 2. The molecule has 10 heteroatoms. The predicted octanol–water partition coefficient (Wildman–Crippen LogP) is 2.47. The summed E-state index contributed by atoms with van der Waals surface area (Å²) in [4.78, 5) is 26.7. The van der Waals surface area contributed by atoms with Crippen LogP contribution < -0.4 is 15.8 Å². The van der Waals surface area contributed by atoms with Gasteiger partial charge in [-0.3, -0.25) is 14.6 Å².